The normalized spacial score (nSPS) is 24.3. The Hall–Kier alpha value is -1.13. The molecule has 0 bridgehead atoms. The van der Waals surface area contributed by atoms with Crippen molar-refractivity contribution in [3.8, 4) is 0 Å². The number of nitrogens with two attached hydrogens (primary N) is 1. The number of ether oxygens (including phenoxy) is 1. The van der Waals surface area contributed by atoms with Crippen molar-refractivity contribution in [3.05, 3.63) is 29.6 Å². The van der Waals surface area contributed by atoms with Crippen molar-refractivity contribution in [2.45, 2.75) is 32.5 Å². The predicted molar refractivity (Wildman–Crippen MR) is 71.4 cm³/mol. The highest BCUT2D eigenvalue weighted by molar-refractivity contribution is 5.50. The molecule has 1 aromatic rings. The lowest BCUT2D eigenvalue weighted by atomic mass is 10.1. The summed E-state index contributed by atoms with van der Waals surface area (Å²) in [6.45, 7) is 6.05. The van der Waals surface area contributed by atoms with Crippen molar-refractivity contribution < 1.29 is 9.13 Å². The van der Waals surface area contributed by atoms with Crippen LogP contribution in [0.1, 0.15) is 19.4 Å². The maximum absolute atomic E-state index is 14.1. The number of hydrogen-bond donors (Lipinski definition) is 1. The topological polar surface area (TPSA) is 38.5 Å². The third-order valence-corrected chi connectivity index (χ3v) is 3.21. The van der Waals surface area contributed by atoms with E-state index in [-0.39, 0.29) is 18.0 Å². The summed E-state index contributed by atoms with van der Waals surface area (Å²) in [4.78, 5) is 2.06. The smallest absolute Gasteiger partial charge is 0.146 e. The molecule has 1 saturated heterocycles. The van der Waals surface area contributed by atoms with Crippen molar-refractivity contribution in [1.29, 1.82) is 0 Å². The minimum atomic E-state index is -0.165. The highest BCUT2D eigenvalue weighted by Crippen LogP contribution is 2.24. The number of benzene rings is 1. The molecule has 2 N–H and O–H groups in total. The Morgan fingerprint density at radius 1 is 1.33 bits per heavy atom. The minimum absolute atomic E-state index is 0.136. The molecular weight excluding hydrogens is 231 g/mol. The van der Waals surface area contributed by atoms with Gasteiger partial charge in [0.25, 0.3) is 0 Å². The standard InChI is InChI=1S/C14H21FN2O/c1-10-8-17(9-11(2)18-10)14-4-3-12(5-6-16)7-13(14)15/h3-4,7,10-11H,5-6,8-9,16H2,1-2H3. The summed E-state index contributed by atoms with van der Waals surface area (Å²) in [6, 6.07) is 5.40. The highest BCUT2D eigenvalue weighted by atomic mass is 19.1. The van der Waals surface area contributed by atoms with E-state index in [9.17, 15) is 4.39 Å². The molecule has 1 fully saturated rings. The van der Waals surface area contributed by atoms with Gasteiger partial charge in [0, 0.05) is 13.1 Å². The van der Waals surface area contributed by atoms with Crippen LogP contribution in [0.5, 0.6) is 0 Å². The van der Waals surface area contributed by atoms with Crippen molar-refractivity contribution in [2.24, 2.45) is 5.73 Å². The number of rotatable bonds is 3. The van der Waals surface area contributed by atoms with Crippen LogP contribution in [-0.4, -0.2) is 31.8 Å². The molecule has 2 unspecified atom stereocenters. The fraction of sp³-hybridized carbons (Fsp3) is 0.571. The second-order valence-electron chi connectivity index (χ2n) is 4.99. The van der Waals surface area contributed by atoms with Gasteiger partial charge in [0.05, 0.1) is 17.9 Å². The molecule has 0 amide bonds. The van der Waals surface area contributed by atoms with Gasteiger partial charge in [-0.3, -0.25) is 0 Å². The molecule has 0 aliphatic carbocycles. The van der Waals surface area contributed by atoms with Crippen LogP contribution in [0.25, 0.3) is 0 Å². The molecule has 0 radical (unpaired) electrons. The summed E-state index contributed by atoms with van der Waals surface area (Å²) in [7, 11) is 0. The Morgan fingerprint density at radius 2 is 2.00 bits per heavy atom. The molecule has 0 saturated carbocycles. The summed E-state index contributed by atoms with van der Waals surface area (Å²) in [5.74, 6) is -0.165. The average Bonchev–Trinajstić information content (AvgIpc) is 2.28. The van der Waals surface area contributed by atoms with Crippen molar-refractivity contribution in [3.63, 3.8) is 0 Å². The Labute approximate surface area is 108 Å². The number of anilines is 1. The first-order chi connectivity index (χ1) is 8.60. The Morgan fingerprint density at radius 3 is 2.56 bits per heavy atom. The zero-order valence-electron chi connectivity index (χ0n) is 11.0. The molecule has 2 rings (SSSR count). The van der Waals surface area contributed by atoms with E-state index in [1.807, 2.05) is 26.0 Å². The first kappa shape index (κ1) is 13.3. The second kappa shape index (κ2) is 5.67. The molecule has 0 aromatic heterocycles. The lowest BCUT2D eigenvalue weighted by molar-refractivity contribution is -0.00539. The number of nitrogens with zero attached hydrogens (tertiary/aromatic N) is 1. The summed E-state index contributed by atoms with van der Waals surface area (Å²) in [6.07, 6.45) is 0.987. The molecule has 0 spiro atoms. The highest BCUT2D eigenvalue weighted by Gasteiger charge is 2.24. The molecule has 4 heteroatoms. The lowest BCUT2D eigenvalue weighted by Gasteiger charge is -2.37. The SMILES string of the molecule is CC1CN(c2ccc(CCN)cc2F)CC(C)O1. The molecule has 2 atom stereocenters. The van der Waals surface area contributed by atoms with Crippen LogP contribution in [0.3, 0.4) is 0 Å². The van der Waals surface area contributed by atoms with Crippen LogP contribution in [0.15, 0.2) is 18.2 Å². The molecule has 100 valence electrons. The molecule has 1 aliphatic rings. The van der Waals surface area contributed by atoms with E-state index in [0.29, 0.717) is 18.7 Å². The molecule has 1 heterocycles. The zero-order chi connectivity index (χ0) is 13.1. The van der Waals surface area contributed by atoms with E-state index in [4.69, 9.17) is 10.5 Å². The largest absolute Gasteiger partial charge is 0.372 e. The maximum atomic E-state index is 14.1. The quantitative estimate of drug-likeness (QED) is 0.893. The summed E-state index contributed by atoms with van der Waals surface area (Å²) in [5.41, 5.74) is 7.10. The molecule has 18 heavy (non-hydrogen) atoms. The zero-order valence-corrected chi connectivity index (χ0v) is 11.0. The van der Waals surface area contributed by atoms with E-state index >= 15 is 0 Å². The Bertz CT molecular complexity index is 401. The third-order valence-electron chi connectivity index (χ3n) is 3.21. The maximum Gasteiger partial charge on any atom is 0.146 e. The van der Waals surface area contributed by atoms with Crippen LogP contribution in [0.4, 0.5) is 10.1 Å². The van der Waals surface area contributed by atoms with Gasteiger partial charge < -0.3 is 15.4 Å². The fourth-order valence-corrected chi connectivity index (χ4v) is 2.50. The number of hydrogen-bond acceptors (Lipinski definition) is 3. The van der Waals surface area contributed by atoms with Gasteiger partial charge >= 0.3 is 0 Å². The number of morpholine rings is 1. The first-order valence-electron chi connectivity index (χ1n) is 6.49. The first-order valence-corrected chi connectivity index (χ1v) is 6.49. The Balaban J connectivity index is 2.17. The van der Waals surface area contributed by atoms with Gasteiger partial charge in [-0.2, -0.15) is 0 Å². The molecule has 1 aliphatic heterocycles. The van der Waals surface area contributed by atoms with Gasteiger partial charge in [0.1, 0.15) is 5.82 Å². The lowest BCUT2D eigenvalue weighted by Crippen LogP contribution is -2.45. The van der Waals surface area contributed by atoms with Crippen LogP contribution >= 0.6 is 0 Å². The summed E-state index contributed by atoms with van der Waals surface area (Å²) < 4.78 is 19.7. The van der Waals surface area contributed by atoms with E-state index in [0.717, 1.165) is 18.7 Å². The van der Waals surface area contributed by atoms with E-state index in [1.165, 1.54) is 0 Å². The Kier molecular flexibility index (Phi) is 4.19. The van der Waals surface area contributed by atoms with Gasteiger partial charge in [0.2, 0.25) is 0 Å². The summed E-state index contributed by atoms with van der Waals surface area (Å²) in [5, 5.41) is 0. The van der Waals surface area contributed by atoms with Gasteiger partial charge in [-0.15, -0.1) is 0 Å². The molecular formula is C14H21FN2O. The van der Waals surface area contributed by atoms with Crippen molar-refractivity contribution >= 4 is 5.69 Å². The summed E-state index contributed by atoms with van der Waals surface area (Å²) >= 11 is 0. The second-order valence-corrected chi connectivity index (χ2v) is 4.99. The van der Waals surface area contributed by atoms with Crippen LogP contribution in [0.2, 0.25) is 0 Å². The van der Waals surface area contributed by atoms with E-state index < -0.39 is 0 Å². The van der Waals surface area contributed by atoms with Gasteiger partial charge in [-0.1, -0.05) is 6.07 Å². The fourth-order valence-electron chi connectivity index (χ4n) is 2.50. The minimum Gasteiger partial charge on any atom is -0.372 e. The monoisotopic (exact) mass is 252 g/mol. The average molecular weight is 252 g/mol. The predicted octanol–water partition coefficient (Wildman–Crippen LogP) is 1.94. The molecule has 3 nitrogen and oxygen atoms in total. The molecule has 1 aromatic carbocycles. The van der Waals surface area contributed by atoms with Gasteiger partial charge in [0.15, 0.2) is 0 Å². The van der Waals surface area contributed by atoms with Crippen molar-refractivity contribution in [1.82, 2.24) is 0 Å². The van der Waals surface area contributed by atoms with Gasteiger partial charge in [-0.05, 0) is 44.5 Å². The van der Waals surface area contributed by atoms with Gasteiger partial charge in [-0.25, -0.2) is 4.39 Å². The number of halogens is 1. The van der Waals surface area contributed by atoms with Crippen molar-refractivity contribution in [2.75, 3.05) is 24.5 Å². The van der Waals surface area contributed by atoms with Crippen LogP contribution < -0.4 is 10.6 Å². The van der Waals surface area contributed by atoms with Crippen LogP contribution in [-0.2, 0) is 11.2 Å². The van der Waals surface area contributed by atoms with Crippen LogP contribution in [0, 0.1) is 5.82 Å². The van der Waals surface area contributed by atoms with E-state index in [2.05, 4.69) is 4.90 Å². The van der Waals surface area contributed by atoms with E-state index in [1.54, 1.807) is 6.07 Å². The third kappa shape index (κ3) is 3.00.